The highest BCUT2D eigenvalue weighted by molar-refractivity contribution is 8.24. The molecule has 0 radical (unpaired) electrons. The first-order chi connectivity index (χ1) is 15.8. The average molecular weight is 492 g/mol. The van der Waals surface area contributed by atoms with E-state index >= 15 is 0 Å². The van der Waals surface area contributed by atoms with Gasteiger partial charge in [-0.25, -0.2) is 9.97 Å². The Morgan fingerprint density at radius 3 is 2.55 bits per heavy atom. The Bertz CT molecular complexity index is 1220. The number of imide groups is 1. The minimum Gasteiger partial charge on any atom is -0.480 e. The van der Waals surface area contributed by atoms with E-state index in [1.165, 1.54) is 18.2 Å². The second-order valence-corrected chi connectivity index (χ2v) is 10.8. The maximum atomic E-state index is 13.0. The van der Waals surface area contributed by atoms with Crippen LogP contribution >= 0.6 is 22.2 Å². The number of hydrogen-bond donors (Lipinski definition) is 3. The van der Waals surface area contributed by atoms with Crippen molar-refractivity contribution in [3.8, 4) is 17.3 Å². The van der Waals surface area contributed by atoms with Crippen molar-refractivity contribution in [2.75, 3.05) is 44.8 Å². The number of H-pyrrole nitrogens is 1. The molecule has 5 rings (SSSR count). The molecule has 1 fully saturated rings. The third-order valence-electron chi connectivity index (χ3n) is 5.98. The van der Waals surface area contributed by atoms with Gasteiger partial charge in [0.25, 0.3) is 11.8 Å². The summed E-state index contributed by atoms with van der Waals surface area (Å²) in [5, 5.41) is 0.408. The van der Waals surface area contributed by atoms with Gasteiger partial charge in [0.1, 0.15) is 5.82 Å². The number of carbonyl (C=O) groups is 2. The molecule has 12 heteroatoms. The van der Waals surface area contributed by atoms with Crippen molar-refractivity contribution in [2.24, 2.45) is 0 Å². The summed E-state index contributed by atoms with van der Waals surface area (Å²) >= 11 is 6.33. The van der Waals surface area contributed by atoms with Crippen LogP contribution in [0.3, 0.4) is 0 Å². The largest absolute Gasteiger partial charge is 0.480 e. The fourth-order valence-electron chi connectivity index (χ4n) is 4.13. The Morgan fingerprint density at radius 1 is 1.15 bits per heavy atom. The Kier molecular flexibility index (Phi) is 5.53. The first kappa shape index (κ1) is 22.1. The van der Waals surface area contributed by atoms with Crippen LogP contribution in [-0.4, -0.2) is 90.5 Å². The van der Waals surface area contributed by atoms with Crippen LogP contribution in [0.4, 0.5) is 0 Å². The maximum Gasteiger partial charge on any atom is 0.261 e. The first-order valence-electron chi connectivity index (χ1n) is 10.3. The molecule has 2 aliphatic rings. The highest BCUT2D eigenvalue weighted by atomic mass is 35.5. The molecule has 3 N–H and O–H groups in total. The van der Waals surface area contributed by atoms with E-state index in [4.69, 9.17) is 16.3 Å². The predicted octanol–water partition coefficient (Wildman–Crippen LogP) is 2.95. The zero-order valence-electron chi connectivity index (χ0n) is 17.7. The summed E-state index contributed by atoms with van der Waals surface area (Å²) in [7, 11) is -0.998. The zero-order chi connectivity index (χ0) is 23.3. The second kappa shape index (κ2) is 8.26. The number of aromatic amines is 1. The number of rotatable bonds is 5. The van der Waals surface area contributed by atoms with Crippen LogP contribution in [0.25, 0.3) is 22.4 Å². The number of pyridine rings is 1. The molecule has 174 valence electrons. The standard InChI is InChI=1S/C21H22ClN5O5S/c1-32-19-17(14(22)2-3-23-19)18-24-15-10-12-13(11-16(15)25-18)21(29)27(20(12)28)5-4-26-6-8-33(30,31)9-7-26/h2-3,10-11,30-31H,4-9H2,1H3,(H,24,25). The van der Waals surface area contributed by atoms with E-state index in [0.29, 0.717) is 75.6 Å². The predicted molar refractivity (Wildman–Crippen MR) is 125 cm³/mol. The van der Waals surface area contributed by atoms with Crippen molar-refractivity contribution >= 4 is 45.0 Å². The fourth-order valence-corrected chi connectivity index (χ4v) is 5.67. The van der Waals surface area contributed by atoms with Crippen molar-refractivity contribution in [3.05, 3.63) is 40.5 Å². The minimum atomic E-state index is -2.48. The summed E-state index contributed by atoms with van der Waals surface area (Å²) in [5.74, 6) is 0.660. The lowest BCUT2D eigenvalue weighted by atomic mass is 10.1. The van der Waals surface area contributed by atoms with Crippen molar-refractivity contribution in [1.29, 1.82) is 0 Å². The average Bonchev–Trinajstić information content (AvgIpc) is 3.30. The number of hydrogen-bond acceptors (Lipinski definition) is 8. The third-order valence-corrected chi connectivity index (χ3v) is 7.96. The lowest BCUT2D eigenvalue weighted by molar-refractivity contribution is 0.0637. The van der Waals surface area contributed by atoms with E-state index in [9.17, 15) is 18.7 Å². The van der Waals surface area contributed by atoms with Crippen LogP contribution in [0.5, 0.6) is 5.88 Å². The molecule has 2 amide bonds. The number of ether oxygens (including phenoxy) is 1. The van der Waals surface area contributed by atoms with E-state index in [1.807, 2.05) is 4.90 Å². The van der Waals surface area contributed by atoms with E-state index in [0.717, 1.165) is 0 Å². The Balaban J connectivity index is 1.39. The summed E-state index contributed by atoms with van der Waals surface area (Å²) < 4.78 is 24.8. The quantitative estimate of drug-likeness (QED) is 0.464. The molecule has 33 heavy (non-hydrogen) atoms. The van der Waals surface area contributed by atoms with Crippen LogP contribution in [0.15, 0.2) is 24.4 Å². The van der Waals surface area contributed by atoms with Crippen LogP contribution in [0, 0.1) is 0 Å². The number of halogens is 1. The van der Waals surface area contributed by atoms with Gasteiger partial charge in [0.05, 0.1) is 51.4 Å². The van der Waals surface area contributed by atoms with Crippen LogP contribution in [0.1, 0.15) is 20.7 Å². The second-order valence-electron chi connectivity index (χ2n) is 7.99. The van der Waals surface area contributed by atoms with Gasteiger partial charge < -0.3 is 9.72 Å². The number of nitrogens with one attached hydrogen (secondary N) is 1. The van der Waals surface area contributed by atoms with Crippen LogP contribution in [-0.2, 0) is 0 Å². The number of nitrogens with zero attached hydrogens (tertiary/aromatic N) is 4. The molecule has 0 saturated carbocycles. The molecule has 1 aromatic carbocycles. The highest BCUT2D eigenvalue weighted by Gasteiger charge is 2.36. The Labute approximate surface area is 195 Å². The van der Waals surface area contributed by atoms with Gasteiger partial charge in [-0.2, -0.15) is 10.6 Å². The molecular formula is C21H22ClN5O5S. The SMILES string of the molecule is COc1nccc(Cl)c1-c1nc2cc3c(cc2[nH]1)C(=O)N(CCN1CCS(O)(O)CC1)C3=O. The van der Waals surface area contributed by atoms with Crippen LogP contribution < -0.4 is 4.74 Å². The summed E-state index contributed by atoms with van der Waals surface area (Å²) in [6.07, 6.45) is 1.53. The molecular weight excluding hydrogens is 470 g/mol. The number of methoxy groups -OCH3 is 1. The molecule has 1 saturated heterocycles. The number of amides is 2. The molecule has 0 bridgehead atoms. The molecule has 0 unspecified atom stereocenters. The topological polar surface area (TPSA) is 132 Å². The van der Waals surface area contributed by atoms with Gasteiger partial charge in [-0.1, -0.05) is 11.6 Å². The third kappa shape index (κ3) is 3.96. The van der Waals surface area contributed by atoms with Gasteiger partial charge in [-0.3, -0.25) is 28.5 Å². The molecule has 2 aliphatic heterocycles. The van der Waals surface area contributed by atoms with Gasteiger partial charge in [-0.15, -0.1) is 0 Å². The normalized spacial score (nSPS) is 19.2. The van der Waals surface area contributed by atoms with Gasteiger partial charge in [0.15, 0.2) is 0 Å². The van der Waals surface area contributed by atoms with E-state index in [2.05, 4.69) is 15.0 Å². The summed E-state index contributed by atoms with van der Waals surface area (Å²) in [4.78, 5) is 41.1. The van der Waals surface area contributed by atoms with E-state index < -0.39 is 10.6 Å². The smallest absolute Gasteiger partial charge is 0.261 e. The number of imidazole rings is 1. The fraction of sp³-hybridized carbons (Fsp3) is 0.333. The molecule has 10 nitrogen and oxygen atoms in total. The van der Waals surface area contributed by atoms with Crippen LogP contribution in [0.2, 0.25) is 5.02 Å². The Hall–Kier alpha value is -2.70. The Morgan fingerprint density at radius 2 is 1.85 bits per heavy atom. The molecule has 0 spiro atoms. The highest BCUT2D eigenvalue weighted by Crippen LogP contribution is 2.40. The molecule has 2 aromatic heterocycles. The minimum absolute atomic E-state index is 0.237. The molecule has 0 aliphatic carbocycles. The van der Waals surface area contributed by atoms with Gasteiger partial charge >= 0.3 is 0 Å². The number of fused-ring (bicyclic) bond motifs is 2. The number of benzene rings is 1. The van der Waals surface area contributed by atoms with Crippen molar-refractivity contribution in [3.63, 3.8) is 0 Å². The van der Waals surface area contributed by atoms with Crippen molar-refractivity contribution < 1.29 is 23.4 Å². The monoisotopic (exact) mass is 491 g/mol. The molecule has 3 aromatic rings. The summed E-state index contributed by atoms with van der Waals surface area (Å²) in [6, 6.07) is 4.87. The van der Waals surface area contributed by atoms with Crippen molar-refractivity contribution in [1.82, 2.24) is 24.8 Å². The maximum absolute atomic E-state index is 13.0. The van der Waals surface area contributed by atoms with E-state index in [1.54, 1.807) is 18.2 Å². The van der Waals surface area contributed by atoms with Gasteiger partial charge in [0.2, 0.25) is 5.88 Å². The van der Waals surface area contributed by atoms with Gasteiger partial charge in [-0.05, 0) is 18.2 Å². The van der Waals surface area contributed by atoms with Gasteiger partial charge in [0, 0.05) is 32.4 Å². The summed E-state index contributed by atoms with van der Waals surface area (Å²) in [6.45, 7) is 1.78. The molecule has 0 atom stereocenters. The van der Waals surface area contributed by atoms with E-state index in [-0.39, 0.29) is 18.4 Å². The zero-order valence-corrected chi connectivity index (χ0v) is 19.3. The number of aromatic nitrogens is 3. The van der Waals surface area contributed by atoms with Crippen molar-refractivity contribution in [2.45, 2.75) is 0 Å². The first-order valence-corrected chi connectivity index (χ1v) is 12.6. The lowest BCUT2D eigenvalue weighted by Crippen LogP contribution is -2.43. The summed E-state index contributed by atoms with van der Waals surface area (Å²) in [5.41, 5.74) is 2.24. The lowest BCUT2D eigenvalue weighted by Gasteiger charge is -2.41. The number of carbonyl (C=O) groups excluding carboxylic acids is 2. The molecule has 4 heterocycles.